The molecule has 124 valence electrons. The molecule has 6 heteroatoms. The molecule has 0 radical (unpaired) electrons. The Morgan fingerprint density at radius 1 is 1.08 bits per heavy atom. The summed E-state index contributed by atoms with van der Waals surface area (Å²) in [4.78, 5) is 16.0. The number of nitrogen functional groups attached to an aromatic ring is 1. The van der Waals surface area contributed by atoms with Crippen LogP contribution in [0.5, 0.6) is 0 Å². The van der Waals surface area contributed by atoms with Gasteiger partial charge in [-0.25, -0.2) is 15.0 Å². The van der Waals surface area contributed by atoms with Crippen LogP contribution in [0.15, 0.2) is 41.8 Å². The summed E-state index contributed by atoms with van der Waals surface area (Å²) in [6, 6.07) is 12.9. The number of nitrogens with zero attached hydrogens (tertiary/aromatic N) is 3. The highest BCUT2D eigenvalue weighted by atomic mass is 32.1. The topological polar surface area (TPSA) is 64.7 Å². The Morgan fingerprint density at radius 2 is 1.88 bits per heavy atom. The molecule has 0 atom stereocenters. The first-order valence-corrected chi connectivity index (χ1v) is 9.91. The monoisotopic (exact) mass is 364 g/mol. The first-order valence-electron chi connectivity index (χ1n) is 8.21. The lowest BCUT2D eigenvalue weighted by Crippen LogP contribution is -2.05. The highest BCUT2D eigenvalue weighted by molar-refractivity contribution is 7.19. The number of hydrogen-bond acceptors (Lipinski definition) is 6. The third kappa shape index (κ3) is 2.36. The Kier molecular flexibility index (Phi) is 3.20. The lowest BCUT2D eigenvalue weighted by molar-refractivity contribution is 0.872. The fourth-order valence-corrected chi connectivity index (χ4v) is 5.33. The molecule has 4 aromatic rings. The molecule has 0 saturated heterocycles. The third-order valence-corrected chi connectivity index (χ3v) is 6.97. The zero-order valence-corrected chi connectivity index (χ0v) is 15.3. The van der Waals surface area contributed by atoms with E-state index in [0.717, 1.165) is 20.9 Å². The summed E-state index contributed by atoms with van der Waals surface area (Å²) in [5, 5.41) is 3.79. The SMILES string of the molecule is Cc1csc(-c2nc(N)c3cc(C4(c5ccccc5)CC4)sc3n2)n1. The van der Waals surface area contributed by atoms with Crippen LogP contribution in [0.4, 0.5) is 5.82 Å². The van der Waals surface area contributed by atoms with Crippen molar-refractivity contribution in [2.45, 2.75) is 25.2 Å². The summed E-state index contributed by atoms with van der Waals surface area (Å²) in [5.74, 6) is 1.17. The van der Waals surface area contributed by atoms with Crippen LogP contribution in [0.1, 0.15) is 29.0 Å². The van der Waals surface area contributed by atoms with Gasteiger partial charge < -0.3 is 5.73 Å². The summed E-state index contributed by atoms with van der Waals surface area (Å²) < 4.78 is 0. The van der Waals surface area contributed by atoms with Gasteiger partial charge in [0.05, 0.1) is 5.39 Å². The van der Waals surface area contributed by atoms with Gasteiger partial charge in [-0.05, 0) is 31.4 Å². The van der Waals surface area contributed by atoms with E-state index in [0.29, 0.717) is 11.6 Å². The van der Waals surface area contributed by atoms with Crippen molar-refractivity contribution in [2.75, 3.05) is 5.73 Å². The molecule has 1 fully saturated rings. The maximum absolute atomic E-state index is 6.25. The maximum Gasteiger partial charge on any atom is 0.192 e. The average Bonchev–Trinajstić information content (AvgIpc) is 3.12. The number of thiophene rings is 1. The zero-order valence-electron chi connectivity index (χ0n) is 13.7. The lowest BCUT2D eigenvalue weighted by Gasteiger charge is -2.13. The normalized spacial score (nSPS) is 15.6. The smallest absolute Gasteiger partial charge is 0.192 e. The van der Waals surface area contributed by atoms with Crippen molar-refractivity contribution < 1.29 is 0 Å². The van der Waals surface area contributed by atoms with Gasteiger partial charge in [0.2, 0.25) is 0 Å². The van der Waals surface area contributed by atoms with Crippen LogP contribution < -0.4 is 5.73 Å². The summed E-state index contributed by atoms with van der Waals surface area (Å²) in [7, 11) is 0. The van der Waals surface area contributed by atoms with Crippen molar-refractivity contribution >= 4 is 38.7 Å². The molecule has 0 amide bonds. The van der Waals surface area contributed by atoms with Crippen LogP contribution in [0, 0.1) is 6.92 Å². The number of anilines is 1. The van der Waals surface area contributed by atoms with E-state index in [1.54, 1.807) is 22.7 Å². The van der Waals surface area contributed by atoms with Crippen LogP contribution in [0.3, 0.4) is 0 Å². The Morgan fingerprint density at radius 3 is 2.56 bits per heavy atom. The zero-order chi connectivity index (χ0) is 17.0. The van der Waals surface area contributed by atoms with Gasteiger partial charge in [0.15, 0.2) is 10.8 Å². The van der Waals surface area contributed by atoms with E-state index in [1.165, 1.54) is 23.3 Å². The Bertz CT molecular complexity index is 1080. The molecule has 1 saturated carbocycles. The molecule has 5 rings (SSSR count). The van der Waals surface area contributed by atoms with E-state index >= 15 is 0 Å². The highest BCUT2D eigenvalue weighted by Gasteiger charge is 2.47. The van der Waals surface area contributed by atoms with Crippen molar-refractivity contribution in [1.82, 2.24) is 15.0 Å². The molecule has 0 aliphatic heterocycles. The van der Waals surface area contributed by atoms with Crippen LogP contribution in [0.25, 0.3) is 21.0 Å². The van der Waals surface area contributed by atoms with Crippen LogP contribution in [-0.4, -0.2) is 15.0 Å². The van der Waals surface area contributed by atoms with Gasteiger partial charge in [-0.3, -0.25) is 0 Å². The van der Waals surface area contributed by atoms with E-state index in [4.69, 9.17) is 10.7 Å². The number of fused-ring (bicyclic) bond motifs is 1. The van der Waals surface area contributed by atoms with Gasteiger partial charge in [-0.2, -0.15) is 0 Å². The molecule has 3 aromatic heterocycles. The largest absolute Gasteiger partial charge is 0.383 e. The number of hydrogen-bond donors (Lipinski definition) is 1. The average molecular weight is 364 g/mol. The number of rotatable bonds is 3. The van der Waals surface area contributed by atoms with Crippen molar-refractivity contribution in [3.8, 4) is 10.8 Å². The van der Waals surface area contributed by atoms with Gasteiger partial charge in [-0.15, -0.1) is 22.7 Å². The van der Waals surface area contributed by atoms with Gasteiger partial charge in [-0.1, -0.05) is 30.3 Å². The van der Waals surface area contributed by atoms with E-state index < -0.39 is 0 Å². The summed E-state index contributed by atoms with van der Waals surface area (Å²) >= 11 is 3.29. The predicted molar refractivity (Wildman–Crippen MR) is 104 cm³/mol. The summed E-state index contributed by atoms with van der Waals surface area (Å²) in [6.45, 7) is 1.97. The number of thiazole rings is 1. The molecule has 1 aliphatic rings. The second kappa shape index (κ2) is 5.34. The maximum atomic E-state index is 6.25. The standard InChI is InChI=1S/C19H16N4S2/c1-11-10-24-18(21-11)16-22-15(20)13-9-14(25-17(13)23-16)19(7-8-19)12-5-3-2-4-6-12/h2-6,9-10H,7-8H2,1H3,(H2,20,22,23). The van der Waals surface area contributed by atoms with Crippen molar-refractivity contribution in [3.05, 3.63) is 57.9 Å². The van der Waals surface area contributed by atoms with E-state index in [1.807, 2.05) is 12.3 Å². The van der Waals surface area contributed by atoms with E-state index in [9.17, 15) is 0 Å². The minimum absolute atomic E-state index is 0.136. The second-order valence-electron chi connectivity index (χ2n) is 6.50. The first-order chi connectivity index (χ1) is 12.2. The molecule has 0 unspecified atom stereocenters. The minimum atomic E-state index is 0.136. The molecule has 3 heterocycles. The summed E-state index contributed by atoms with van der Waals surface area (Å²) in [5.41, 5.74) is 8.75. The van der Waals surface area contributed by atoms with Crippen molar-refractivity contribution in [2.24, 2.45) is 0 Å². The summed E-state index contributed by atoms with van der Waals surface area (Å²) in [6.07, 6.45) is 2.35. The lowest BCUT2D eigenvalue weighted by atomic mass is 9.94. The van der Waals surface area contributed by atoms with Gasteiger partial charge in [0, 0.05) is 21.4 Å². The molecule has 25 heavy (non-hydrogen) atoms. The fourth-order valence-electron chi connectivity index (χ4n) is 3.29. The third-order valence-electron chi connectivity index (χ3n) is 4.78. The Hall–Kier alpha value is -2.31. The van der Waals surface area contributed by atoms with E-state index in [-0.39, 0.29) is 5.41 Å². The molecule has 0 bridgehead atoms. The highest BCUT2D eigenvalue weighted by Crippen LogP contribution is 2.56. The number of nitrogens with two attached hydrogens (primary N) is 1. The molecule has 1 aliphatic carbocycles. The fraction of sp³-hybridized carbons (Fsp3) is 0.211. The molecule has 4 nitrogen and oxygen atoms in total. The Labute approximate surface area is 153 Å². The quantitative estimate of drug-likeness (QED) is 0.568. The van der Waals surface area contributed by atoms with Crippen LogP contribution in [0.2, 0.25) is 0 Å². The molecular weight excluding hydrogens is 348 g/mol. The second-order valence-corrected chi connectivity index (χ2v) is 8.39. The minimum Gasteiger partial charge on any atom is -0.383 e. The molecule has 0 spiro atoms. The van der Waals surface area contributed by atoms with Gasteiger partial charge >= 0.3 is 0 Å². The van der Waals surface area contributed by atoms with Gasteiger partial charge in [0.25, 0.3) is 0 Å². The van der Waals surface area contributed by atoms with Crippen LogP contribution in [-0.2, 0) is 5.41 Å². The molecule has 2 N–H and O–H groups in total. The van der Waals surface area contributed by atoms with Crippen LogP contribution >= 0.6 is 22.7 Å². The van der Waals surface area contributed by atoms with E-state index in [2.05, 4.69) is 46.4 Å². The number of aromatic nitrogens is 3. The number of aryl methyl sites for hydroxylation is 1. The predicted octanol–water partition coefficient (Wildman–Crippen LogP) is 4.79. The van der Waals surface area contributed by atoms with Gasteiger partial charge in [0.1, 0.15) is 10.6 Å². The first kappa shape index (κ1) is 15.0. The Balaban J connectivity index is 1.64. The molecule has 1 aromatic carbocycles. The van der Waals surface area contributed by atoms with Crippen molar-refractivity contribution in [1.29, 1.82) is 0 Å². The molecular formula is C19H16N4S2. The van der Waals surface area contributed by atoms with Crippen molar-refractivity contribution in [3.63, 3.8) is 0 Å². The number of benzene rings is 1.